The van der Waals surface area contributed by atoms with E-state index in [4.69, 9.17) is 5.11 Å². The van der Waals surface area contributed by atoms with E-state index in [1.54, 1.807) is 0 Å². The van der Waals surface area contributed by atoms with Crippen LogP contribution in [0.1, 0.15) is 31.7 Å². The Morgan fingerprint density at radius 2 is 2.19 bits per heavy atom. The first kappa shape index (κ1) is 15.7. The van der Waals surface area contributed by atoms with Crippen molar-refractivity contribution in [1.29, 1.82) is 0 Å². The summed E-state index contributed by atoms with van der Waals surface area (Å²) in [7, 11) is -3.58. The van der Waals surface area contributed by atoms with Gasteiger partial charge in [-0.15, -0.1) is 0 Å². The molecule has 1 fully saturated rings. The summed E-state index contributed by atoms with van der Waals surface area (Å²) in [6, 6.07) is 1.42. The van der Waals surface area contributed by atoms with Crippen molar-refractivity contribution >= 4 is 22.1 Å². The predicted octanol–water partition coefficient (Wildman–Crippen LogP) is 1.74. The van der Waals surface area contributed by atoms with Crippen LogP contribution in [0.3, 0.4) is 0 Å². The van der Waals surface area contributed by atoms with E-state index >= 15 is 0 Å². The number of carboxylic acid groups (broad SMARTS) is 1. The number of carboxylic acids is 1. The zero-order chi connectivity index (χ0) is 15.5. The number of sulfonamides is 1. The van der Waals surface area contributed by atoms with E-state index in [1.165, 1.54) is 28.8 Å². The number of hydrogen-bond donors (Lipinski definition) is 1. The topological polar surface area (TPSA) is 87.6 Å². The van der Waals surface area contributed by atoms with Crippen LogP contribution in [0.4, 0.5) is 0 Å². The van der Waals surface area contributed by atoms with Gasteiger partial charge in [-0.25, -0.2) is 13.2 Å². The highest BCUT2D eigenvalue weighted by atomic mass is 32.2. The van der Waals surface area contributed by atoms with Crippen molar-refractivity contribution in [2.75, 3.05) is 6.54 Å². The van der Waals surface area contributed by atoms with Crippen LogP contribution in [0.15, 0.2) is 29.4 Å². The van der Waals surface area contributed by atoms with Crippen LogP contribution >= 0.6 is 0 Å². The first-order chi connectivity index (χ1) is 9.91. The zero-order valence-corrected chi connectivity index (χ0v) is 12.6. The molecule has 1 aromatic rings. The van der Waals surface area contributed by atoms with Gasteiger partial charge < -0.3 is 5.11 Å². The molecule has 1 unspecified atom stereocenters. The fourth-order valence-corrected chi connectivity index (χ4v) is 4.10. The lowest BCUT2D eigenvalue weighted by Gasteiger charge is -2.32. The second-order valence-corrected chi connectivity index (χ2v) is 6.98. The summed E-state index contributed by atoms with van der Waals surface area (Å²) in [4.78, 5) is 14.5. The number of carbonyl (C=O) groups is 1. The minimum absolute atomic E-state index is 0.0260. The standard InChI is InChI=1S/C14H18N2O4S/c1-11-4-2-3-7-16(11)21(19,20)13-8-12(9-15-10-13)5-6-14(17)18/h5-6,8-11H,2-4,7H2,1H3,(H,17,18). The molecule has 0 saturated carbocycles. The second-order valence-electron chi connectivity index (χ2n) is 5.09. The average molecular weight is 310 g/mol. The summed E-state index contributed by atoms with van der Waals surface area (Å²) in [5.41, 5.74) is 0.447. The highest BCUT2D eigenvalue weighted by Crippen LogP contribution is 2.25. The lowest BCUT2D eigenvalue weighted by molar-refractivity contribution is -0.131. The van der Waals surface area contributed by atoms with Crippen molar-refractivity contribution in [3.63, 3.8) is 0 Å². The minimum atomic E-state index is -3.58. The maximum atomic E-state index is 12.6. The SMILES string of the molecule is CC1CCCCN1S(=O)(=O)c1cncc(C=CC(=O)O)c1. The fraction of sp³-hybridized carbons (Fsp3) is 0.429. The van der Waals surface area contributed by atoms with Crippen molar-refractivity contribution in [2.45, 2.75) is 37.1 Å². The van der Waals surface area contributed by atoms with Crippen molar-refractivity contribution in [3.05, 3.63) is 30.1 Å². The Kier molecular flexibility index (Phi) is 4.74. The van der Waals surface area contributed by atoms with Gasteiger partial charge in [0.2, 0.25) is 10.0 Å². The number of hydrogen-bond acceptors (Lipinski definition) is 4. The monoisotopic (exact) mass is 310 g/mol. The lowest BCUT2D eigenvalue weighted by Crippen LogP contribution is -2.41. The van der Waals surface area contributed by atoms with Gasteiger partial charge in [-0.05, 0) is 37.5 Å². The Morgan fingerprint density at radius 1 is 1.43 bits per heavy atom. The molecule has 0 bridgehead atoms. The third-order valence-corrected chi connectivity index (χ3v) is 5.48. The molecule has 0 aromatic carbocycles. The molecule has 0 radical (unpaired) electrons. The molecule has 1 N–H and O–H groups in total. The second kappa shape index (κ2) is 6.36. The number of piperidine rings is 1. The highest BCUT2D eigenvalue weighted by Gasteiger charge is 2.31. The van der Waals surface area contributed by atoms with Crippen LogP contribution in [-0.4, -0.2) is 41.4 Å². The van der Waals surface area contributed by atoms with Crippen LogP contribution in [0.2, 0.25) is 0 Å². The maximum Gasteiger partial charge on any atom is 0.328 e. The van der Waals surface area contributed by atoms with Gasteiger partial charge in [0, 0.05) is 31.1 Å². The third kappa shape index (κ3) is 3.68. The molecule has 1 saturated heterocycles. The van der Waals surface area contributed by atoms with Gasteiger partial charge in [0.25, 0.3) is 0 Å². The van der Waals surface area contributed by atoms with Crippen LogP contribution in [0, 0.1) is 0 Å². The van der Waals surface area contributed by atoms with Crippen LogP contribution in [-0.2, 0) is 14.8 Å². The Bertz CT molecular complexity index is 655. The van der Waals surface area contributed by atoms with Gasteiger partial charge in [0.15, 0.2) is 0 Å². The number of aliphatic carboxylic acids is 1. The molecule has 2 rings (SSSR count). The Hall–Kier alpha value is -1.73. The maximum absolute atomic E-state index is 12.6. The van der Waals surface area contributed by atoms with Gasteiger partial charge in [0.1, 0.15) is 4.90 Å². The van der Waals surface area contributed by atoms with E-state index < -0.39 is 16.0 Å². The van der Waals surface area contributed by atoms with E-state index in [-0.39, 0.29) is 10.9 Å². The smallest absolute Gasteiger partial charge is 0.328 e. The Balaban J connectivity index is 2.32. The lowest BCUT2D eigenvalue weighted by atomic mass is 10.1. The molecule has 0 aliphatic carbocycles. The fourth-order valence-electron chi connectivity index (χ4n) is 2.40. The summed E-state index contributed by atoms with van der Waals surface area (Å²) in [5, 5.41) is 8.61. The van der Waals surface area contributed by atoms with Gasteiger partial charge in [-0.1, -0.05) is 6.42 Å². The van der Waals surface area contributed by atoms with Crippen LogP contribution in [0.5, 0.6) is 0 Å². The molecule has 1 aliphatic heterocycles. The summed E-state index contributed by atoms with van der Waals surface area (Å²) < 4.78 is 26.8. The molecule has 1 aromatic heterocycles. The summed E-state index contributed by atoms with van der Waals surface area (Å²) >= 11 is 0. The first-order valence-corrected chi connectivity index (χ1v) is 8.23. The van der Waals surface area contributed by atoms with E-state index in [0.717, 1.165) is 25.3 Å². The quantitative estimate of drug-likeness (QED) is 0.856. The van der Waals surface area contributed by atoms with Crippen molar-refractivity contribution in [2.24, 2.45) is 0 Å². The van der Waals surface area contributed by atoms with Crippen LogP contribution in [0.25, 0.3) is 6.08 Å². The summed E-state index contributed by atoms with van der Waals surface area (Å²) in [5.74, 6) is -1.09. The van der Waals surface area contributed by atoms with Crippen molar-refractivity contribution in [1.82, 2.24) is 9.29 Å². The number of pyridine rings is 1. The van der Waals surface area contributed by atoms with Gasteiger partial charge in [-0.3, -0.25) is 4.98 Å². The molecular formula is C14H18N2O4S. The normalized spacial score (nSPS) is 20.7. The number of nitrogens with zero attached hydrogens (tertiary/aromatic N) is 2. The molecule has 6 nitrogen and oxygen atoms in total. The first-order valence-electron chi connectivity index (χ1n) is 6.79. The molecule has 0 spiro atoms. The molecule has 7 heteroatoms. The van der Waals surface area contributed by atoms with Crippen molar-refractivity contribution in [3.8, 4) is 0 Å². The van der Waals surface area contributed by atoms with Gasteiger partial charge in [-0.2, -0.15) is 4.31 Å². The predicted molar refractivity (Wildman–Crippen MR) is 78.1 cm³/mol. The van der Waals surface area contributed by atoms with Crippen LogP contribution < -0.4 is 0 Å². The minimum Gasteiger partial charge on any atom is -0.478 e. The van der Waals surface area contributed by atoms with E-state index in [0.29, 0.717) is 12.1 Å². The van der Waals surface area contributed by atoms with Crippen molar-refractivity contribution < 1.29 is 18.3 Å². The third-order valence-electron chi connectivity index (χ3n) is 3.50. The Labute approximate surface area is 124 Å². The summed E-state index contributed by atoms with van der Waals surface area (Å²) in [6.45, 7) is 2.41. The molecule has 21 heavy (non-hydrogen) atoms. The average Bonchev–Trinajstić information content (AvgIpc) is 2.45. The highest BCUT2D eigenvalue weighted by molar-refractivity contribution is 7.89. The molecule has 1 aliphatic rings. The van der Waals surface area contributed by atoms with Gasteiger partial charge >= 0.3 is 5.97 Å². The summed E-state index contributed by atoms with van der Waals surface area (Å²) in [6.07, 6.45) is 7.76. The number of aromatic nitrogens is 1. The van der Waals surface area contributed by atoms with E-state index in [9.17, 15) is 13.2 Å². The largest absolute Gasteiger partial charge is 0.478 e. The molecule has 1 atom stereocenters. The van der Waals surface area contributed by atoms with E-state index in [1.807, 2.05) is 6.92 Å². The number of rotatable bonds is 4. The molecular weight excluding hydrogens is 292 g/mol. The molecule has 0 amide bonds. The molecule has 114 valence electrons. The van der Waals surface area contributed by atoms with Gasteiger partial charge in [0.05, 0.1) is 0 Å². The zero-order valence-electron chi connectivity index (χ0n) is 11.8. The molecule has 2 heterocycles. The Morgan fingerprint density at radius 3 is 2.86 bits per heavy atom. The van der Waals surface area contributed by atoms with E-state index in [2.05, 4.69) is 4.98 Å².